The van der Waals surface area contributed by atoms with Gasteiger partial charge in [0.15, 0.2) is 0 Å². The van der Waals surface area contributed by atoms with Crippen molar-refractivity contribution < 1.29 is 9.47 Å². The summed E-state index contributed by atoms with van der Waals surface area (Å²) in [5.41, 5.74) is 3.50. The van der Waals surface area contributed by atoms with E-state index in [1.54, 1.807) is 14.2 Å². The van der Waals surface area contributed by atoms with Crippen LogP contribution in [0.4, 0.5) is 17.2 Å². The van der Waals surface area contributed by atoms with Gasteiger partial charge in [-0.3, -0.25) is 0 Å². The Hall–Kier alpha value is -3.28. The van der Waals surface area contributed by atoms with Crippen LogP contribution in [0, 0.1) is 0 Å². The normalized spacial score (nSPS) is 10.2. The smallest absolute Gasteiger partial charge is 0.142 e. The number of nitrogens with one attached hydrogen (secondary N) is 2. The molecule has 6 heteroatoms. The summed E-state index contributed by atoms with van der Waals surface area (Å²) >= 11 is 0. The zero-order valence-corrected chi connectivity index (χ0v) is 14.4. The van der Waals surface area contributed by atoms with Crippen LogP contribution in [0.2, 0.25) is 0 Å². The van der Waals surface area contributed by atoms with Gasteiger partial charge in [-0.05, 0) is 30.3 Å². The first-order chi connectivity index (χ1) is 12.2. The number of benzene rings is 2. The molecule has 3 rings (SSSR count). The Morgan fingerprint density at radius 2 is 1.68 bits per heavy atom. The molecule has 0 bridgehead atoms. The minimum absolute atomic E-state index is 0.697. The van der Waals surface area contributed by atoms with E-state index in [9.17, 15) is 0 Å². The molecule has 25 heavy (non-hydrogen) atoms. The molecule has 0 radical (unpaired) electrons. The fourth-order valence-corrected chi connectivity index (χ4v) is 2.56. The van der Waals surface area contributed by atoms with Gasteiger partial charge in [0.1, 0.15) is 23.6 Å². The van der Waals surface area contributed by atoms with Gasteiger partial charge in [0, 0.05) is 24.4 Å². The topological polar surface area (TPSA) is 68.3 Å². The Morgan fingerprint density at radius 3 is 2.44 bits per heavy atom. The Kier molecular flexibility index (Phi) is 4.99. The van der Waals surface area contributed by atoms with E-state index in [4.69, 9.17) is 9.47 Å². The molecule has 0 aliphatic heterocycles. The van der Waals surface area contributed by atoms with Crippen molar-refractivity contribution in [3.8, 4) is 22.8 Å². The highest BCUT2D eigenvalue weighted by molar-refractivity contribution is 5.72. The van der Waals surface area contributed by atoms with Crippen molar-refractivity contribution in [3.05, 3.63) is 54.9 Å². The molecule has 1 aromatic heterocycles. The van der Waals surface area contributed by atoms with Crippen LogP contribution in [0.25, 0.3) is 11.3 Å². The second kappa shape index (κ2) is 7.53. The van der Waals surface area contributed by atoms with Crippen molar-refractivity contribution >= 4 is 17.2 Å². The van der Waals surface area contributed by atoms with E-state index < -0.39 is 0 Å². The van der Waals surface area contributed by atoms with E-state index in [0.717, 1.165) is 34.1 Å². The molecule has 3 aromatic rings. The van der Waals surface area contributed by atoms with Crippen LogP contribution in [-0.4, -0.2) is 31.2 Å². The van der Waals surface area contributed by atoms with Crippen molar-refractivity contribution in [1.29, 1.82) is 0 Å². The fraction of sp³-hybridized carbons (Fsp3) is 0.158. The Labute approximate surface area is 146 Å². The molecule has 0 unspecified atom stereocenters. The van der Waals surface area contributed by atoms with Crippen LogP contribution in [0.1, 0.15) is 0 Å². The van der Waals surface area contributed by atoms with Gasteiger partial charge < -0.3 is 20.1 Å². The number of hydrogen-bond donors (Lipinski definition) is 2. The van der Waals surface area contributed by atoms with Crippen LogP contribution < -0.4 is 20.1 Å². The van der Waals surface area contributed by atoms with Gasteiger partial charge in [-0.25, -0.2) is 9.97 Å². The lowest BCUT2D eigenvalue weighted by Crippen LogP contribution is -1.99. The van der Waals surface area contributed by atoms with Gasteiger partial charge in [-0.2, -0.15) is 0 Å². The molecule has 0 amide bonds. The van der Waals surface area contributed by atoms with Crippen LogP contribution in [0.3, 0.4) is 0 Å². The number of aromatic nitrogens is 2. The SMILES string of the molecule is CNc1cc(Nc2cc(-c3ccccc3OC)ncn2)ccc1OC. The van der Waals surface area contributed by atoms with Crippen molar-refractivity contribution in [2.45, 2.75) is 0 Å². The zero-order valence-electron chi connectivity index (χ0n) is 14.4. The predicted molar refractivity (Wildman–Crippen MR) is 99.8 cm³/mol. The monoisotopic (exact) mass is 336 g/mol. The van der Waals surface area contributed by atoms with Crippen LogP contribution in [0.5, 0.6) is 11.5 Å². The summed E-state index contributed by atoms with van der Waals surface area (Å²) in [6, 6.07) is 15.4. The first-order valence-electron chi connectivity index (χ1n) is 7.83. The summed E-state index contributed by atoms with van der Waals surface area (Å²) in [7, 11) is 5.15. The van der Waals surface area contributed by atoms with Gasteiger partial charge in [0.2, 0.25) is 0 Å². The van der Waals surface area contributed by atoms with Crippen molar-refractivity contribution in [1.82, 2.24) is 9.97 Å². The van der Waals surface area contributed by atoms with E-state index >= 15 is 0 Å². The molecule has 2 aromatic carbocycles. The third kappa shape index (κ3) is 3.63. The lowest BCUT2D eigenvalue weighted by atomic mass is 10.1. The molecule has 0 saturated heterocycles. The van der Waals surface area contributed by atoms with E-state index in [1.807, 2.05) is 55.6 Å². The molecule has 0 fully saturated rings. The minimum Gasteiger partial charge on any atom is -0.496 e. The molecule has 1 heterocycles. The average molecular weight is 336 g/mol. The van der Waals surface area contributed by atoms with Gasteiger partial charge in [0.05, 0.1) is 25.6 Å². The van der Waals surface area contributed by atoms with E-state index in [-0.39, 0.29) is 0 Å². The highest BCUT2D eigenvalue weighted by atomic mass is 16.5. The van der Waals surface area contributed by atoms with E-state index in [0.29, 0.717) is 5.82 Å². The van der Waals surface area contributed by atoms with Crippen molar-refractivity contribution in [2.24, 2.45) is 0 Å². The number of para-hydroxylation sites is 1. The second-order valence-corrected chi connectivity index (χ2v) is 5.28. The standard InChI is InChI=1S/C19H20N4O2/c1-20-16-10-13(8-9-18(16)25-3)23-19-11-15(21-12-22-19)14-6-4-5-7-17(14)24-2/h4-12,20H,1-3H3,(H,21,22,23). The Morgan fingerprint density at radius 1 is 0.880 bits per heavy atom. The number of ether oxygens (including phenoxy) is 2. The van der Waals surface area contributed by atoms with Gasteiger partial charge in [-0.15, -0.1) is 0 Å². The maximum atomic E-state index is 5.41. The molecular formula is C19H20N4O2. The highest BCUT2D eigenvalue weighted by Crippen LogP contribution is 2.31. The number of hydrogen-bond acceptors (Lipinski definition) is 6. The summed E-state index contributed by atoms with van der Waals surface area (Å²) in [6.45, 7) is 0. The maximum Gasteiger partial charge on any atom is 0.142 e. The average Bonchev–Trinajstić information content (AvgIpc) is 2.68. The fourth-order valence-electron chi connectivity index (χ4n) is 2.56. The maximum absolute atomic E-state index is 5.41. The van der Waals surface area contributed by atoms with Gasteiger partial charge >= 0.3 is 0 Å². The predicted octanol–water partition coefficient (Wildman–Crippen LogP) is 3.95. The first kappa shape index (κ1) is 16.6. The number of methoxy groups -OCH3 is 2. The number of rotatable bonds is 6. The summed E-state index contributed by atoms with van der Waals surface area (Å²) in [5, 5.41) is 6.40. The molecule has 0 atom stereocenters. The molecule has 0 spiro atoms. The third-order valence-electron chi connectivity index (χ3n) is 3.79. The molecule has 6 nitrogen and oxygen atoms in total. The van der Waals surface area contributed by atoms with E-state index in [2.05, 4.69) is 20.6 Å². The molecule has 2 N–H and O–H groups in total. The van der Waals surface area contributed by atoms with Gasteiger partial charge in [-0.1, -0.05) is 12.1 Å². The Bertz CT molecular complexity index is 868. The van der Waals surface area contributed by atoms with Gasteiger partial charge in [0.25, 0.3) is 0 Å². The molecule has 0 aliphatic rings. The number of anilines is 3. The highest BCUT2D eigenvalue weighted by Gasteiger charge is 2.08. The quantitative estimate of drug-likeness (QED) is 0.710. The lowest BCUT2D eigenvalue weighted by Gasteiger charge is -2.12. The van der Waals surface area contributed by atoms with Crippen LogP contribution >= 0.6 is 0 Å². The summed E-state index contributed by atoms with van der Waals surface area (Å²) in [6.07, 6.45) is 1.53. The minimum atomic E-state index is 0.697. The zero-order chi connectivity index (χ0) is 17.6. The second-order valence-electron chi connectivity index (χ2n) is 5.28. The van der Waals surface area contributed by atoms with E-state index in [1.165, 1.54) is 6.33 Å². The molecular weight excluding hydrogens is 316 g/mol. The first-order valence-corrected chi connectivity index (χ1v) is 7.83. The summed E-state index contributed by atoms with van der Waals surface area (Å²) in [5.74, 6) is 2.25. The van der Waals surface area contributed by atoms with Crippen molar-refractivity contribution in [2.75, 3.05) is 31.9 Å². The third-order valence-corrected chi connectivity index (χ3v) is 3.79. The van der Waals surface area contributed by atoms with Crippen LogP contribution in [-0.2, 0) is 0 Å². The lowest BCUT2D eigenvalue weighted by molar-refractivity contribution is 0.416. The molecule has 128 valence electrons. The summed E-state index contributed by atoms with van der Waals surface area (Å²) < 4.78 is 10.7. The molecule has 0 aliphatic carbocycles. The van der Waals surface area contributed by atoms with Crippen molar-refractivity contribution in [3.63, 3.8) is 0 Å². The largest absolute Gasteiger partial charge is 0.496 e. The molecule has 0 saturated carbocycles. The summed E-state index contributed by atoms with van der Waals surface area (Å²) in [4.78, 5) is 8.66. The Balaban J connectivity index is 1.90. The van der Waals surface area contributed by atoms with Crippen LogP contribution in [0.15, 0.2) is 54.9 Å². The number of nitrogens with zero attached hydrogens (tertiary/aromatic N) is 2.